The predicted octanol–water partition coefficient (Wildman–Crippen LogP) is -0.100. The van der Waals surface area contributed by atoms with Gasteiger partial charge in [0.15, 0.2) is 0 Å². The summed E-state index contributed by atoms with van der Waals surface area (Å²) in [5, 5.41) is 26.9. The van der Waals surface area contributed by atoms with Crippen molar-refractivity contribution in [1.29, 1.82) is 0 Å². The fourth-order valence-electron chi connectivity index (χ4n) is 2.23. The Balaban J connectivity index is 2.14. The SMILES string of the molecule is O=C(O)CC[C@H](NC(=O)Cc1n[nH]c(=O)c2ccccc12)C(=O)O. The van der Waals surface area contributed by atoms with Gasteiger partial charge in [0, 0.05) is 11.8 Å². The van der Waals surface area contributed by atoms with Crippen molar-refractivity contribution >= 4 is 28.6 Å². The number of H-pyrrole nitrogens is 1. The Morgan fingerprint density at radius 2 is 1.83 bits per heavy atom. The lowest BCUT2D eigenvalue weighted by Gasteiger charge is -2.13. The first-order valence-electron chi connectivity index (χ1n) is 7.08. The molecule has 1 amide bonds. The molecule has 2 aromatic rings. The topological polar surface area (TPSA) is 149 Å². The molecular weight excluding hydrogens is 318 g/mol. The molecule has 1 heterocycles. The number of carbonyl (C=O) groups is 3. The minimum absolute atomic E-state index is 0.226. The lowest BCUT2D eigenvalue weighted by atomic mass is 10.1. The molecular formula is C15H15N3O6. The van der Waals surface area contributed by atoms with Gasteiger partial charge in [-0.2, -0.15) is 5.10 Å². The van der Waals surface area contributed by atoms with Crippen molar-refractivity contribution < 1.29 is 24.6 Å². The zero-order chi connectivity index (χ0) is 17.7. The molecule has 24 heavy (non-hydrogen) atoms. The number of hydrogen-bond acceptors (Lipinski definition) is 5. The molecule has 1 aromatic heterocycles. The summed E-state index contributed by atoms with van der Waals surface area (Å²) in [6.45, 7) is 0. The van der Waals surface area contributed by atoms with Crippen molar-refractivity contribution in [2.75, 3.05) is 0 Å². The van der Waals surface area contributed by atoms with E-state index in [1.165, 1.54) is 0 Å². The van der Waals surface area contributed by atoms with Gasteiger partial charge >= 0.3 is 11.9 Å². The van der Waals surface area contributed by atoms with Crippen molar-refractivity contribution in [1.82, 2.24) is 15.5 Å². The van der Waals surface area contributed by atoms with Crippen LogP contribution in [0.2, 0.25) is 0 Å². The molecule has 0 aliphatic heterocycles. The number of aromatic nitrogens is 2. The average Bonchev–Trinajstić information content (AvgIpc) is 2.54. The van der Waals surface area contributed by atoms with E-state index in [9.17, 15) is 19.2 Å². The molecule has 4 N–H and O–H groups in total. The van der Waals surface area contributed by atoms with Crippen LogP contribution in [0.15, 0.2) is 29.1 Å². The number of aliphatic carboxylic acids is 2. The van der Waals surface area contributed by atoms with Crippen molar-refractivity contribution in [3.05, 3.63) is 40.3 Å². The molecule has 0 aliphatic carbocycles. The lowest BCUT2D eigenvalue weighted by molar-refractivity contribution is -0.143. The van der Waals surface area contributed by atoms with Crippen LogP contribution in [0, 0.1) is 0 Å². The Bertz CT molecular complexity index is 844. The van der Waals surface area contributed by atoms with Gasteiger partial charge in [-0.05, 0) is 12.5 Å². The molecule has 0 saturated heterocycles. The minimum Gasteiger partial charge on any atom is -0.481 e. The molecule has 0 bridgehead atoms. The van der Waals surface area contributed by atoms with Crippen molar-refractivity contribution in [3.63, 3.8) is 0 Å². The zero-order valence-corrected chi connectivity index (χ0v) is 12.5. The second-order valence-electron chi connectivity index (χ2n) is 5.11. The highest BCUT2D eigenvalue weighted by Gasteiger charge is 2.21. The van der Waals surface area contributed by atoms with Gasteiger partial charge in [-0.25, -0.2) is 9.89 Å². The van der Waals surface area contributed by atoms with Crippen molar-refractivity contribution in [2.24, 2.45) is 0 Å². The maximum absolute atomic E-state index is 12.0. The first-order valence-corrected chi connectivity index (χ1v) is 7.08. The quantitative estimate of drug-likeness (QED) is 0.552. The molecule has 9 nitrogen and oxygen atoms in total. The molecule has 0 saturated carbocycles. The highest BCUT2D eigenvalue weighted by Crippen LogP contribution is 2.13. The Hall–Kier alpha value is -3.23. The summed E-state index contributed by atoms with van der Waals surface area (Å²) < 4.78 is 0. The third kappa shape index (κ3) is 4.15. The largest absolute Gasteiger partial charge is 0.481 e. The Morgan fingerprint density at radius 1 is 1.17 bits per heavy atom. The fraction of sp³-hybridized carbons (Fsp3) is 0.267. The number of carbonyl (C=O) groups excluding carboxylic acids is 1. The Morgan fingerprint density at radius 3 is 2.46 bits per heavy atom. The van der Waals surface area contributed by atoms with Gasteiger partial charge in [0.2, 0.25) is 5.91 Å². The van der Waals surface area contributed by atoms with Gasteiger partial charge in [0.1, 0.15) is 6.04 Å². The standard InChI is InChI=1S/C15H15N3O6/c19-12(16-10(15(23)24)5-6-13(20)21)7-11-8-3-1-2-4-9(8)14(22)18-17-11/h1-4,10H,5-7H2,(H,16,19)(H,18,22)(H,20,21)(H,23,24)/t10-/m0/s1. The highest BCUT2D eigenvalue weighted by atomic mass is 16.4. The summed E-state index contributed by atoms with van der Waals surface area (Å²) in [4.78, 5) is 45.3. The average molecular weight is 333 g/mol. The van der Waals surface area contributed by atoms with Crippen LogP contribution in [0.5, 0.6) is 0 Å². The maximum Gasteiger partial charge on any atom is 0.326 e. The molecule has 1 atom stereocenters. The molecule has 2 rings (SSSR count). The van der Waals surface area contributed by atoms with Crippen LogP contribution in [0.1, 0.15) is 18.5 Å². The van der Waals surface area contributed by atoms with Crippen LogP contribution in [0.3, 0.4) is 0 Å². The molecule has 126 valence electrons. The van der Waals surface area contributed by atoms with E-state index in [1.54, 1.807) is 24.3 Å². The number of rotatable bonds is 7. The summed E-state index contributed by atoms with van der Waals surface area (Å²) in [7, 11) is 0. The van der Waals surface area contributed by atoms with Crippen LogP contribution in [0.4, 0.5) is 0 Å². The molecule has 9 heteroatoms. The number of amides is 1. The van der Waals surface area contributed by atoms with Gasteiger partial charge in [-0.1, -0.05) is 18.2 Å². The summed E-state index contributed by atoms with van der Waals surface area (Å²) in [6, 6.07) is 5.29. The van der Waals surface area contributed by atoms with Gasteiger partial charge in [0.25, 0.3) is 5.56 Å². The maximum atomic E-state index is 12.0. The molecule has 0 spiro atoms. The molecule has 1 aromatic carbocycles. The van der Waals surface area contributed by atoms with E-state index in [1.807, 2.05) is 0 Å². The first kappa shape index (κ1) is 17.1. The fourth-order valence-corrected chi connectivity index (χ4v) is 2.23. The van der Waals surface area contributed by atoms with Crippen LogP contribution >= 0.6 is 0 Å². The van der Waals surface area contributed by atoms with Crippen molar-refractivity contribution in [3.8, 4) is 0 Å². The highest BCUT2D eigenvalue weighted by molar-refractivity contribution is 5.90. The van der Waals surface area contributed by atoms with E-state index in [2.05, 4.69) is 15.5 Å². The van der Waals surface area contributed by atoms with E-state index in [-0.39, 0.29) is 24.8 Å². The number of nitrogens with zero attached hydrogens (tertiary/aromatic N) is 1. The summed E-state index contributed by atoms with van der Waals surface area (Å²) in [5.74, 6) is -3.09. The molecule has 0 radical (unpaired) electrons. The minimum atomic E-state index is -1.32. The van der Waals surface area contributed by atoms with Crippen LogP contribution in [0.25, 0.3) is 10.8 Å². The number of fused-ring (bicyclic) bond motifs is 1. The van der Waals surface area contributed by atoms with Gasteiger partial charge in [-0.15, -0.1) is 0 Å². The molecule has 0 fully saturated rings. The summed E-state index contributed by atoms with van der Waals surface area (Å²) in [6.07, 6.45) is -0.846. The van der Waals surface area contributed by atoms with Crippen LogP contribution in [-0.4, -0.2) is 44.3 Å². The van der Waals surface area contributed by atoms with Crippen molar-refractivity contribution in [2.45, 2.75) is 25.3 Å². The Kier molecular flexibility index (Phi) is 5.25. The van der Waals surface area contributed by atoms with Gasteiger partial charge in [-0.3, -0.25) is 14.4 Å². The normalized spacial score (nSPS) is 11.8. The van der Waals surface area contributed by atoms with E-state index in [0.29, 0.717) is 16.5 Å². The molecule has 0 aliphatic rings. The number of carboxylic acids is 2. The smallest absolute Gasteiger partial charge is 0.326 e. The van der Waals surface area contributed by atoms with E-state index in [0.717, 1.165) is 0 Å². The summed E-state index contributed by atoms with van der Waals surface area (Å²) in [5.41, 5.74) is -0.0929. The number of carboxylic acid groups (broad SMARTS) is 2. The van der Waals surface area contributed by atoms with Crippen LogP contribution < -0.4 is 10.9 Å². The van der Waals surface area contributed by atoms with E-state index < -0.39 is 23.9 Å². The summed E-state index contributed by atoms with van der Waals surface area (Å²) >= 11 is 0. The lowest BCUT2D eigenvalue weighted by Crippen LogP contribution is -2.42. The molecule has 0 unspecified atom stereocenters. The van der Waals surface area contributed by atoms with Gasteiger partial charge in [0.05, 0.1) is 17.5 Å². The predicted molar refractivity (Wildman–Crippen MR) is 82.5 cm³/mol. The van der Waals surface area contributed by atoms with E-state index >= 15 is 0 Å². The second kappa shape index (κ2) is 7.36. The number of nitrogens with one attached hydrogen (secondary N) is 2. The first-order chi connectivity index (χ1) is 11.4. The number of aromatic amines is 1. The number of hydrogen-bond donors (Lipinski definition) is 4. The third-order valence-electron chi connectivity index (χ3n) is 3.38. The Labute approximate surface area is 135 Å². The third-order valence-corrected chi connectivity index (χ3v) is 3.38. The van der Waals surface area contributed by atoms with Crippen LogP contribution in [-0.2, 0) is 20.8 Å². The van der Waals surface area contributed by atoms with Gasteiger partial charge < -0.3 is 15.5 Å². The second-order valence-corrected chi connectivity index (χ2v) is 5.11. The van der Waals surface area contributed by atoms with E-state index in [4.69, 9.17) is 10.2 Å². The zero-order valence-electron chi connectivity index (χ0n) is 12.5. The number of benzene rings is 1. The monoisotopic (exact) mass is 333 g/mol.